The van der Waals surface area contributed by atoms with Crippen molar-refractivity contribution in [3.8, 4) is 0 Å². The fourth-order valence-electron chi connectivity index (χ4n) is 2.08. The van der Waals surface area contributed by atoms with E-state index in [9.17, 15) is 8.78 Å². The van der Waals surface area contributed by atoms with Crippen LogP contribution < -0.4 is 11.3 Å². The van der Waals surface area contributed by atoms with Gasteiger partial charge in [-0.3, -0.25) is 5.84 Å². The van der Waals surface area contributed by atoms with Crippen molar-refractivity contribution >= 4 is 0 Å². The van der Waals surface area contributed by atoms with E-state index in [2.05, 4.69) is 5.43 Å². The molecular weight excluding hydrogens is 246 g/mol. The molecular formula is C15H16F2N2. The van der Waals surface area contributed by atoms with Crippen LogP contribution in [0.1, 0.15) is 28.3 Å². The molecule has 19 heavy (non-hydrogen) atoms. The Bertz CT molecular complexity index is 597. The molecule has 0 aromatic heterocycles. The highest BCUT2D eigenvalue weighted by Crippen LogP contribution is 2.25. The predicted molar refractivity (Wildman–Crippen MR) is 71.4 cm³/mol. The third kappa shape index (κ3) is 2.80. The van der Waals surface area contributed by atoms with Crippen LogP contribution in [0.4, 0.5) is 8.78 Å². The number of hydrogen-bond acceptors (Lipinski definition) is 2. The molecule has 0 bridgehead atoms. The van der Waals surface area contributed by atoms with Crippen LogP contribution in [0.5, 0.6) is 0 Å². The standard InChI is InChI=1S/C15H16F2N2/c1-9-3-5-12(14(17)7-9)15(19-18)11-4-6-13(16)10(2)8-11/h3-8,15,19H,18H2,1-2H3. The summed E-state index contributed by atoms with van der Waals surface area (Å²) in [5.41, 5.74) is 5.09. The first-order chi connectivity index (χ1) is 9.02. The highest BCUT2D eigenvalue weighted by molar-refractivity contribution is 5.36. The minimum atomic E-state index is -0.500. The summed E-state index contributed by atoms with van der Waals surface area (Å²) in [6.07, 6.45) is 0. The molecule has 3 N–H and O–H groups in total. The van der Waals surface area contributed by atoms with Gasteiger partial charge in [0.05, 0.1) is 6.04 Å². The Morgan fingerprint density at radius 1 is 1.00 bits per heavy atom. The molecule has 0 amide bonds. The van der Waals surface area contributed by atoms with Crippen LogP contribution in [0.25, 0.3) is 0 Å². The van der Waals surface area contributed by atoms with E-state index in [1.54, 1.807) is 25.1 Å². The van der Waals surface area contributed by atoms with Gasteiger partial charge in [-0.2, -0.15) is 0 Å². The molecule has 0 spiro atoms. The largest absolute Gasteiger partial charge is 0.271 e. The lowest BCUT2D eigenvalue weighted by Gasteiger charge is -2.18. The van der Waals surface area contributed by atoms with E-state index >= 15 is 0 Å². The molecule has 2 rings (SSSR count). The van der Waals surface area contributed by atoms with Gasteiger partial charge in [-0.25, -0.2) is 14.2 Å². The second-order valence-corrected chi connectivity index (χ2v) is 4.63. The Morgan fingerprint density at radius 3 is 2.32 bits per heavy atom. The Kier molecular flexibility index (Phi) is 3.93. The van der Waals surface area contributed by atoms with Gasteiger partial charge in [0.25, 0.3) is 0 Å². The summed E-state index contributed by atoms with van der Waals surface area (Å²) in [5.74, 6) is 4.90. The molecule has 4 heteroatoms. The second-order valence-electron chi connectivity index (χ2n) is 4.63. The van der Waals surface area contributed by atoms with E-state index in [4.69, 9.17) is 5.84 Å². The van der Waals surface area contributed by atoms with E-state index in [-0.39, 0.29) is 11.6 Å². The summed E-state index contributed by atoms with van der Waals surface area (Å²) in [7, 11) is 0. The van der Waals surface area contributed by atoms with Gasteiger partial charge in [0, 0.05) is 5.56 Å². The van der Waals surface area contributed by atoms with Crippen LogP contribution in [0.3, 0.4) is 0 Å². The number of benzene rings is 2. The number of rotatable bonds is 3. The van der Waals surface area contributed by atoms with Crippen molar-refractivity contribution in [2.24, 2.45) is 5.84 Å². The highest BCUT2D eigenvalue weighted by Gasteiger charge is 2.17. The Morgan fingerprint density at radius 2 is 1.74 bits per heavy atom. The van der Waals surface area contributed by atoms with Crippen LogP contribution in [0, 0.1) is 25.5 Å². The molecule has 0 heterocycles. The highest BCUT2D eigenvalue weighted by atomic mass is 19.1. The number of aryl methyl sites for hydroxylation is 2. The lowest BCUT2D eigenvalue weighted by molar-refractivity contribution is 0.557. The van der Waals surface area contributed by atoms with E-state index in [1.807, 2.05) is 13.0 Å². The van der Waals surface area contributed by atoms with Gasteiger partial charge in [0.2, 0.25) is 0 Å². The molecule has 100 valence electrons. The van der Waals surface area contributed by atoms with Crippen molar-refractivity contribution in [3.63, 3.8) is 0 Å². The van der Waals surface area contributed by atoms with Crippen LogP contribution in [-0.4, -0.2) is 0 Å². The number of hydrogen-bond donors (Lipinski definition) is 2. The van der Waals surface area contributed by atoms with Crippen LogP contribution in [0.15, 0.2) is 36.4 Å². The first-order valence-electron chi connectivity index (χ1n) is 6.01. The average molecular weight is 262 g/mol. The van der Waals surface area contributed by atoms with Gasteiger partial charge in [0.1, 0.15) is 11.6 Å². The van der Waals surface area contributed by atoms with Gasteiger partial charge < -0.3 is 0 Å². The normalized spacial score (nSPS) is 12.5. The monoisotopic (exact) mass is 262 g/mol. The topological polar surface area (TPSA) is 38.0 Å². The maximum atomic E-state index is 14.0. The zero-order valence-corrected chi connectivity index (χ0v) is 10.9. The Labute approximate surface area is 111 Å². The predicted octanol–water partition coefficient (Wildman–Crippen LogP) is 3.13. The molecule has 1 atom stereocenters. The quantitative estimate of drug-likeness (QED) is 0.658. The SMILES string of the molecule is Cc1ccc(C(NN)c2ccc(F)c(C)c2)c(F)c1. The summed E-state index contributed by atoms with van der Waals surface area (Å²) in [6.45, 7) is 3.48. The Balaban J connectivity index is 2.46. The van der Waals surface area contributed by atoms with Crippen LogP contribution in [-0.2, 0) is 0 Å². The molecule has 2 aromatic rings. The lowest BCUT2D eigenvalue weighted by atomic mass is 9.96. The maximum absolute atomic E-state index is 14.0. The average Bonchev–Trinajstić information content (AvgIpc) is 2.37. The minimum Gasteiger partial charge on any atom is -0.271 e. The molecule has 0 radical (unpaired) electrons. The summed E-state index contributed by atoms with van der Waals surface area (Å²) in [5, 5.41) is 0. The molecule has 0 saturated heterocycles. The smallest absolute Gasteiger partial charge is 0.128 e. The second kappa shape index (κ2) is 5.47. The number of nitrogens with two attached hydrogens (primary N) is 1. The van der Waals surface area contributed by atoms with E-state index in [1.165, 1.54) is 12.1 Å². The van der Waals surface area contributed by atoms with Crippen molar-refractivity contribution in [2.45, 2.75) is 19.9 Å². The van der Waals surface area contributed by atoms with Crippen molar-refractivity contribution in [1.29, 1.82) is 0 Å². The Hall–Kier alpha value is -1.78. The first-order valence-corrected chi connectivity index (χ1v) is 6.01. The molecule has 0 saturated carbocycles. The molecule has 1 unspecified atom stereocenters. The van der Waals surface area contributed by atoms with Crippen LogP contribution in [0.2, 0.25) is 0 Å². The van der Waals surface area contributed by atoms with Gasteiger partial charge in [-0.05, 0) is 42.7 Å². The van der Waals surface area contributed by atoms with Gasteiger partial charge in [-0.15, -0.1) is 0 Å². The number of nitrogens with one attached hydrogen (secondary N) is 1. The molecule has 0 aliphatic carbocycles. The molecule has 2 aromatic carbocycles. The summed E-state index contributed by atoms with van der Waals surface area (Å²) in [4.78, 5) is 0. The summed E-state index contributed by atoms with van der Waals surface area (Å²) >= 11 is 0. The van der Waals surface area contributed by atoms with Gasteiger partial charge >= 0.3 is 0 Å². The van der Waals surface area contributed by atoms with Crippen molar-refractivity contribution in [3.05, 3.63) is 70.3 Å². The fourth-order valence-corrected chi connectivity index (χ4v) is 2.08. The minimum absolute atomic E-state index is 0.288. The third-order valence-electron chi connectivity index (χ3n) is 3.15. The van der Waals surface area contributed by atoms with Crippen molar-refractivity contribution in [1.82, 2.24) is 5.43 Å². The molecule has 0 aliphatic heterocycles. The number of halogens is 2. The summed E-state index contributed by atoms with van der Waals surface area (Å²) in [6, 6.07) is 9.09. The molecule has 0 aliphatic rings. The first kappa shape index (κ1) is 13.6. The van der Waals surface area contributed by atoms with Gasteiger partial charge in [-0.1, -0.05) is 24.3 Å². The van der Waals surface area contributed by atoms with Crippen molar-refractivity contribution in [2.75, 3.05) is 0 Å². The van der Waals surface area contributed by atoms with E-state index in [0.29, 0.717) is 11.1 Å². The van der Waals surface area contributed by atoms with Gasteiger partial charge in [0.15, 0.2) is 0 Å². The zero-order valence-electron chi connectivity index (χ0n) is 10.9. The molecule has 2 nitrogen and oxygen atoms in total. The third-order valence-corrected chi connectivity index (χ3v) is 3.15. The lowest BCUT2D eigenvalue weighted by Crippen LogP contribution is -2.29. The zero-order chi connectivity index (χ0) is 14.0. The van der Waals surface area contributed by atoms with Crippen LogP contribution >= 0.6 is 0 Å². The van der Waals surface area contributed by atoms with E-state index in [0.717, 1.165) is 11.1 Å². The maximum Gasteiger partial charge on any atom is 0.128 e. The fraction of sp³-hybridized carbons (Fsp3) is 0.200. The van der Waals surface area contributed by atoms with E-state index < -0.39 is 6.04 Å². The summed E-state index contributed by atoms with van der Waals surface area (Å²) < 4.78 is 27.3. The number of hydrazine groups is 1. The van der Waals surface area contributed by atoms with Crippen molar-refractivity contribution < 1.29 is 8.78 Å². The molecule has 0 fully saturated rings.